The highest BCUT2D eigenvalue weighted by Crippen LogP contribution is 2.42. The first kappa shape index (κ1) is 33.2. The Kier molecular flexibility index (Phi) is 7.47. The molecule has 0 saturated heterocycles. The first-order valence-corrected chi connectivity index (χ1v) is 19.8. The van der Waals surface area contributed by atoms with Crippen LogP contribution >= 0.6 is 0 Å². The number of fused-ring (bicyclic) bond motifs is 9. The topological polar surface area (TPSA) is 41.5 Å². The molecule has 3 aromatic heterocycles. The third-order valence-electron chi connectivity index (χ3n) is 11.4. The van der Waals surface area contributed by atoms with Gasteiger partial charge in [0.25, 0.3) is 0 Å². The van der Waals surface area contributed by atoms with E-state index in [0.717, 1.165) is 111 Å². The number of benzene rings is 9. The first-order valence-electron chi connectivity index (χ1n) is 19.8. The Bertz CT molecular complexity index is 3550. The van der Waals surface area contributed by atoms with Gasteiger partial charge in [0.15, 0.2) is 5.58 Å². The molecule has 0 radical (unpaired) electrons. The summed E-state index contributed by atoms with van der Waals surface area (Å²) in [6.07, 6.45) is 0. The van der Waals surface area contributed by atoms with Gasteiger partial charge in [0.2, 0.25) is 0 Å². The van der Waals surface area contributed by atoms with E-state index in [2.05, 4.69) is 143 Å². The molecule has 5 heteroatoms. The summed E-state index contributed by atoms with van der Waals surface area (Å²) >= 11 is 0. The summed E-state index contributed by atoms with van der Waals surface area (Å²) in [5.74, 6) is 3.18. The second-order valence-electron chi connectivity index (χ2n) is 14.9. The molecule has 0 atom stereocenters. The lowest BCUT2D eigenvalue weighted by Gasteiger charge is -2.11. The minimum Gasteiger partial charge on any atom is -0.457 e. The van der Waals surface area contributed by atoms with E-state index in [1.807, 2.05) is 72.8 Å². The average molecular weight is 759 g/mol. The maximum absolute atomic E-state index is 6.64. The molecule has 278 valence electrons. The highest BCUT2D eigenvalue weighted by molar-refractivity contribution is 6.14. The summed E-state index contributed by atoms with van der Waals surface area (Å²) in [5.41, 5.74) is 10.4. The van der Waals surface area contributed by atoms with Crippen molar-refractivity contribution in [2.45, 2.75) is 0 Å². The number of hydrogen-bond acceptors (Lipinski definition) is 3. The minimum absolute atomic E-state index is 0.782. The zero-order valence-electron chi connectivity index (χ0n) is 31.7. The molecule has 0 unspecified atom stereocenters. The van der Waals surface area contributed by atoms with Crippen LogP contribution in [0.25, 0.3) is 88.1 Å². The van der Waals surface area contributed by atoms with Crippen LogP contribution in [0.1, 0.15) is 0 Å². The summed E-state index contributed by atoms with van der Waals surface area (Å²) in [7, 11) is 0. The molecule has 12 aromatic rings. The van der Waals surface area contributed by atoms with Gasteiger partial charge in [0, 0.05) is 38.0 Å². The normalized spacial score (nSPS) is 11.7. The fraction of sp³-hybridized carbons (Fsp3) is 0. The monoisotopic (exact) mass is 758 g/mol. The number of rotatable bonds is 7. The molecule has 0 spiro atoms. The molecule has 0 bridgehead atoms. The molecule has 59 heavy (non-hydrogen) atoms. The van der Waals surface area contributed by atoms with E-state index < -0.39 is 0 Å². The summed E-state index contributed by atoms with van der Waals surface area (Å²) in [5, 5.41) is 6.68. The summed E-state index contributed by atoms with van der Waals surface area (Å²) in [6.45, 7) is 0. The number of ether oxygens (including phenoxy) is 2. The highest BCUT2D eigenvalue weighted by atomic mass is 16.5. The first-order chi connectivity index (χ1) is 29.2. The summed E-state index contributed by atoms with van der Waals surface area (Å²) in [4.78, 5) is 0. The Morgan fingerprint density at radius 2 is 0.864 bits per heavy atom. The third kappa shape index (κ3) is 5.47. The quantitative estimate of drug-likeness (QED) is 0.163. The Morgan fingerprint density at radius 3 is 1.58 bits per heavy atom. The summed E-state index contributed by atoms with van der Waals surface area (Å²) < 4.78 is 24.0. The van der Waals surface area contributed by atoms with Crippen molar-refractivity contribution in [2.75, 3.05) is 0 Å². The number of para-hydroxylation sites is 5. The van der Waals surface area contributed by atoms with Gasteiger partial charge in [-0.05, 0) is 114 Å². The molecular weight excluding hydrogens is 725 g/mol. The van der Waals surface area contributed by atoms with Crippen LogP contribution in [0.2, 0.25) is 0 Å². The molecule has 5 nitrogen and oxygen atoms in total. The molecule has 0 aliphatic heterocycles. The van der Waals surface area contributed by atoms with Gasteiger partial charge in [-0.1, -0.05) is 103 Å². The fourth-order valence-corrected chi connectivity index (χ4v) is 8.76. The van der Waals surface area contributed by atoms with Gasteiger partial charge < -0.3 is 23.0 Å². The molecule has 0 N–H and O–H groups in total. The van der Waals surface area contributed by atoms with Crippen LogP contribution < -0.4 is 9.47 Å². The highest BCUT2D eigenvalue weighted by Gasteiger charge is 2.20. The van der Waals surface area contributed by atoms with Crippen molar-refractivity contribution in [1.29, 1.82) is 0 Å². The van der Waals surface area contributed by atoms with Crippen LogP contribution in [0.15, 0.2) is 211 Å². The third-order valence-corrected chi connectivity index (χ3v) is 11.4. The smallest absolute Gasteiger partial charge is 0.159 e. The number of nitrogens with zero attached hydrogens (tertiary/aromatic N) is 2. The zero-order valence-corrected chi connectivity index (χ0v) is 31.7. The van der Waals surface area contributed by atoms with Crippen molar-refractivity contribution in [2.24, 2.45) is 0 Å². The van der Waals surface area contributed by atoms with Gasteiger partial charge in [0.1, 0.15) is 28.6 Å². The van der Waals surface area contributed by atoms with Gasteiger partial charge >= 0.3 is 0 Å². The van der Waals surface area contributed by atoms with E-state index >= 15 is 0 Å². The van der Waals surface area contributed by atoms with Gasteiger partial charge in [0.05, 0.1) is 27.8 Å². The van der Waals surface area contributed by atoms with Crippen LogP contribution in [0.4, 0.5) is 0 Å². The van der Waals surface area contributed by atoms with Crippen LogP contribution in [0.5, 0.6) is 23.0 Å². The molecule has 0 fully saturated rings. The lowest BCUT2D eigenvalue weighted by Crippen LogP contribution is -1.95. The van der Waals surface area contributed by atoms with Crippen molar-refractivity contribution in [3.8, 4) is 45.5 Å². The predicted molar refractivity (Wildman–Crippen MR) is 241 cm³/mol. The van der Waals surface area contributed by atoms with Crippen molar-refractivity contribution < 1.29 is 13.9 Å². The molecular formula is C54H34N2O3. The van der Waals surface area contributed by atoms with Crippen molar-refractivity contribution >= 4 is 65.6 Å². The van der Waals surface area contributed by atoms with E-state index in [1.165, 1.54) is 0 Å². The van der Waals surface area contributed by atoms with E-state index in [0.29, 0.717) is 0 Å². The van der Waals surface area contributed by atoms with E-state index in [4.69, 9.17) is 13.9 Å². The zero-order chi connectivity index (χ0) is 38.9. The van der Waals surface area contributed by atoms with E-state index in [9.17, 15) is 0 Å². The predicted octanol–water partition coefficient (Wildman–Crippen LogP) is 15.0. The Hall–Kier alpha value is -8.02. The van der Waals surface area contributed by atoms with E-state index in [-0.39, 0.29) is 0 Å². The van der Waals surface area contributed by atoms with E-state index in [1.54, 1.807) is 0 Å². The van der Waals surface area contributed by atoms with Crippen molar-refractivity contribution in [3.05, 3.63) is 206 Å². The van der Waals surface area contributed by atoms with Gasteiger partial charge in [-0.2, -0.15) is 0 Å². The van der Waals surface area contributed by atoms with Crippen LogP contribution in [-0.4, -0.2) is 9.13 Å². The molecule has 9 aromatic carbocycles. The van der Waals surface area contributed by atoms with Gasteiger partial charge in [-0.25, -0.2) is 0 Å². The van der Waals surface area contributed by atoms with Crippen LogP contribution in [0, 0.1) is 0 Å². The second-order valence-corrected chi connectivity index (χ2v) is 14.9. The van der Waals surface area contributed by atoms with Crippen LogP contribution in [0.3, 0.4) is 0 Å². The average Bonchev–Trinajstić information content (AvgIpc) is 3.94. The molecule has 0 amide bonds. The maximum atomic E-state index is 6.64. The molecule has 12 rings (SSSR count). The number of hydrogen-bond donors (Lipinski definition) is 0. The van der Waals surface area contributed by atoms with Gasteiger partial charge in [-0.3, -0.25) is 0 Å². The molecule has 0 aliphatic carbocycles. The fourth-order valence-electron chi connectivity index (χ4n) is 8.76. The molecule has 3 heterocycles. The maximum Gasteiger partial charge on any atom is 0.159 e. The summed E-state index contributed by atoms with van der Waals surface area (Å²) in [6, 6.07) is 71.5. The van der Waals surface area contributed by atoms with Crippen molar-refractivity contribution in [1.82, 2.24) is 9.13 Å². The Morgan fingerprint density at radius 1 is 0.322 bits per heavy atom. The SMILES string of the molecule is c1ccc(Oc2ccc3c(c2)c2cc(-c4ccc5c6cc(Oc7ccccc7)ccc6n(-c6cccc7c6oc6ccccc67)c5c4)ccc2n3-c2ccccc2)cc1. The second kappa shape index (κ2) is 13.3. The van der Waals surface area contributed by atoms with Crippen LogP contribution in [-0.2, 0) is 0 Å². The standard InChI is InChI=1S/C54H34N2O3/c1-4-13-37(14-5-1)55-48-28-24-35(31-45(48)47-34-41(25-29-49(47)55)58-39-17-8-3-9-18-39)36-23-27-42-46-33-40(57-38-15-6-2-7-16-38)26-30-50(46)56(52(42)32-36)51-21-12-20-44-43-19-10-11-22-53(43)59-54(44)51/h1-34H. The van der Waals surface area contributed by atoms with Gasteiger partial charge in [-0.15, -0.1) is 0 Å². The molecule has 0 saturated carbocycles. The lowest BCUT2D eigenvalue weighted by atomic mass is 10.0. The lowest BCUT2D eigenvalue weighted by molar-refractivity contribution is 0.483. The molecule has 0 aliphatic rings. The minimum atomic E-state index is 0.782. The Balaban J connectivity index is 1.07. The number of aromatic nitrogens is 2. The largest absolute Gasteiger partial charge is 0.457 e. The Labute approximate surface area is 339 Å². The number of furan rings is 1. The van der Waals surface area contributed by atoms with Crippen molar-refractivity contribution in [3.63, 3.8) is 0 Å².